The Morgan fingerprint density at radius 1 is 1.15 bits per heavy atom. The van der Waals surface area contributed by atoms with Crippen LogP contribution in [0.15, 0.2) is 40.9 Å². The average molecular weight is 339 g/mol. The molecular formula is C16H13BrF2O. The lowest BCUT2D eigenvalue weighted by Gasteiger charge is -2.21. The molecular weight excluding hydrogens is 326 g/mol. The number of aliphatic hydroxyl groups excluding tert-OH is 1. The minimum Gasteiger partial charge on any atom is -0.388 e. The Hall–Kier alpha value is -1.26. The van der Waals surface area contributed by atoms with Gasteiger partial charge in [-0.25, -0.2) is 8.78 Å². The van der Waals surface area contributed by atoms with Crippen molar-refractivity contribution in [3.05, 3.63) is 69.2 Å². The maximum atomic E-state index is 14.1. The van der Waals surface area contributed by atoms with Gasteiger partial charge in [0.1, 0.15) is 11.6 Å². The molecule has 0 spiro atoms. The first-order valence-electron chi connectivity index (χ1n) is 6.49. The minimum atomic E-state index is -1.17. The summed E-state index contributed by atoms with van der Waals surface area (Å²) >= 11 is 3.04. The van der Waals surface area contributed by atoms with Crippen LogP contribution in [0.3, 0.4) is 0 Å². The zero-order chi connectivity index (χ0) is 14.3. The molecule has 20 heavy (non-hydrogen) atoms. The molecule has 2 aromatic rings. The first-order valence-corrected chi connectivity index (χ1v) is 7.28. The van der Waals surface area contributed by atoms with Gasteiger partial charge in [0.05, 0.1) is 16.1 Å². The molecule has 0 fully saturated rings. The third-order valence-corrected chi connectivity index (χ3v) is 4.55. The van der Waals surface area contributed by atoms with Gasteiger partial charge in [-0.2, -0.15) is 0 Å². The summed E-state index contributed by atoms with van der Waals surface area (Å²) < 4.78 is 28.2. The van der Waals surface area contributed by atoms with E-state index in [1.165, 1.54) is 12.1 Å². The minimum absolute atomic E-state index is 0.166. The highest BCUT2D eigenvalue weighted by Crippen LogP contribution is 2.43. The number of fused-ring (bicyclic) bond motifs is 1. The van der Waals surface area contributed by atoms with Crippen molar-refractivity contribution in [2.45, 2.75) is 24.9 Å². The van der Waals surface area contributed by atoms with Gasteiger partial charge in [-0.3, -0.25) is 0 Å². The van der Waals surface area contributed by atoms with E-state index in [0.717, 1.165) is 17.5 Å². The first-order chi connectivity index (χ1) is 9.59. The summed E-state index contributed by atoms with van der Waals surface area (Å²) in [6.45, 7) is 0. The molecule has 0 amide bonds. The van der Waals surface area contributed by atoms with Crippen molar-refractivity contribution >= 4 is 15.9 Å². The second-order valence-corrected chi connectivity index (χ2v) is 5.90. The van der Waals surface area contributed by atoms with E-state index < -0.39 is 17.7 Å². The number of benzene rings is 2. The van der Waals surface area contributed by atoms with E-state index in [9.17, 15) is 13.9 Å². The molecule has 0 radical (unpaired) electrons. The van der Waals surface area contributed by atoms with Crippen LogP contribution in [0.25, 0.3) is 0 Å². The Kier molecular flexibility index (Phi) is 3.61. The third-order valence-electron chi connectivity index (χ3n) is 3.94. The van der Waals surface area contributed by atoms with Crippen LogP contribution in [0.1, 0.15) is 35.1 Å². The van der Waals surface area contributed by atoms with E-state index in [4.69, 9.17) is 0 Å². The standard InChI is InChI=1S/C16H13BrF2O/c17-12-7-8-13(18)14(15(12)19)16(20)11-6-5-9-3-1-2-4-10(9)11/h1-4,7-8,11,16,20H,5-6H2. The molecule has 2 aromatic carbocycles. The summed E-state index contributed by atoms with van der Waals surface area (Å²) in [4.78, 5) is 0. The molecule has 0 saturated heterocycles. The van der Waals surface area contributed by atoms with Crippen molar-refractivity contribution in [3.8, 4) is 0 Å². The quantitative estimate of drug-likeness (QED) is 0.800. The third kappa shape index (κ3) is 2.17. The first kappa shape index (κ1) is 13.7. The van der Waals surface area contributed by atoms with Gasteiger partial charge >= 0.3 is 0 Å². The van der Waals surface area contributed by atoms with Gasteiger partial charge in [-0.05, 0) is 52.0 Å². The molecule has 2 unspecified atom stereocenters. The molecule has 3 rings (SSSR count). The van der Waals surface area contributed by atoms with Gasteiger partial charge in [0.15, 0.2) is 0 Å². The van der Waals surface area contributed by atoms with Crippen LogP contribution in [0, 0.1) is 11.6 Å². The number of hydrogen-bond donors (Lipinski definition) is 1. The van der Waals surface area contributed by atoms with Crippen LogP contribution < -0.4 is 0 Å². The summed E-state index contributed by atoms with van der Waals surface area (Å²) in [6, 6.07) is 10.2. The number of halogens is 3. The molecule has 1 N–H and O–H groups in total. The fraction of sp³-hybridized carbons (Fsp3) is 0.250. The second-order valence-electron chi connectivity index (χ2n) is 5.05. The summed E-state index contributed by atoms with van der Waals surface area (Å²) in [7, 11) is 0. The van der Waals surface area contributed by atoms with Crippen LogP contribution in [-0.2, 0) is 6.42 Å². The van der Waals surface area contributed by atoms with Crippen LogP contribution in [0.2, 0.25) is 0 Å². The molecule has 4 heteroatoms. The lowest BCUT2D eigenvalue weighted by molar-refractivity contribution is 0.136. The zero-order valence-electron chi connectivity index (χ0n) is 10.6. The number of hydrogen-bond acceptors (Lipinski definition) is 1. The maximum Gasteiger partial charge on any atom is 0.146 e. The van der Waals surface area contributed by atoms with Gasteiger partial charge in [-0.15, -0.1) is 0 Å². The van der Waals surface area contributed by atoms with Crippen LogP contribution in [-0.4, -0.2) is 5.11 Å². The molecule has 0 aliphatic heterocycles. The van der Waals surface area contributed by atoms with E-state index in [0.29, 0.717) is 6.42 Å². The molecule has 0 bridgehead atoms. The van der Waals surface area contributed by atoms with Crippen LogP contribution in [0.4, 0.5) is 8.78 Å². The Morgan fingerprint density at radius 2 is 1.90 bits per heavy atom. The normalized spacial score (nSPS) is 18.9. The Balaban J connectivity index is 2.03. The molecule has 1 aliphatic carbocycles. The van der Waals surface area contributed by atoms with Crippen molar-refractivity contribution < 1.29 is 13.9 Å². The highest BCUT2D eigenvalue weighted by molar-refractivity contribution is 9.10. The van der Waals surface area contributed by atoms with Gasteiger partial charge in [0, 0.05) is 5.92 Å². The van der Waals surface area contributed by atoms with Crippen molar-refractivity contribution in [2.24, 2.45) is 0 Å². The van der Waals surface area contributed by atoms with Crippen LogP contribution in [0.5, 0.6) is 0 Å². The summed E-state index contributed by atoms with van der Waals surface area (Å²) in [5.41, 5.74) is 1.88. The average Bonchev–Trinajstić information content (AvgIpc) is 2.87. The Bertz CT molecular complexity index is 657. The van der Waals surface area contributed by atoms with Gasteiger partial charge in [0.2, 0.25) is 0 Å². The summed E-state index contributed by atoms with van der Waals surface area (Å²) in [6.07, 6.45) is 0.359. The van der Waals surface area contributed by atoms with Crippen molar-refractivity contribution in [1.29, 1.82) is 0 Å². The topological polar surface area (TPSA) is 20.2 Å². The molecule has 104 valence electrons. The van der Waals surface area contributed by atoms with Gasteiger partial charge in [0.25, 0.3) is 0 Å². The highest BCUT2D eigenvalue weighted by Gasteiger charge is 2.33. The zero-order valence-corrected chi connectivity index (χ0v) is 12.2. The van der Waals surface area contributed by atoms with Crippen molar-refractivity contribution in [1.82, 2.24) is 0 Å². The summed E-state index contributed by atoms with van der Waals surface area (Å²) in [5.74, 6) is -1.69. The Labute approximate surface area is 124 Å². The number of rotatable bonds is 2. The number of aryl methyl sites for hydroxylation is 1. The van der Waals surface area contributed by atoms with Gasteiger partial charge in [-0.1, -0.05) is 24.3 Å². The molecule has 2 atom stereocenters. The smallest absolute Gasteiger partial charge is 0.146 e. The highest BCUT2D eigenvalue weighted by atomic mass is 79.9. The maximum absolute atomic E-state index is 14.1. The number of aliphatic hydroxyl groups is 1. The van der Waals surface area contributed by atoms with Crippen molar-refractivity contribution in [2.75, 3.05) is 0 Å². The largest absolute Gasteiger partial charge is 0.388 e. The van der Waals surface area contributed by atoms with E-state index in [-0.39, 0.29) is 16.0 Å². The molecule has 1 aliphatic rings. The lowest BCUT2D eigenvalue weighted by atomic mass is 9.90. The second kappa shape index (κ2) is 5.26. The summed E-state index contributed by atoms with van der Waals surface area (Å²) in [5, 5.41) is 10.5. The SMILES string of the molecule is OC(c1c(F)ccc(Br)c1F)C1CCc2ccccc21. The van der Waals surface area contributed by atoms with E-state index in [1.54, 1.807) is 0 Å². The molecule has 0 aromatic heterocycles. The van der Waals surface area contributed by atoms with E-state index in [1.807, 2.05) is 24.3 Å². The fourth-order valence-electron chi connectivity index (χ4n) is 2.93. The van der Waals surface area contributed by atoms with Crippen molar-refractivity contribution in [3.63, 3.8) is 0 Å². The Morgan fingerprint density at radius 3 is 2.70 bits per heavy atom. The van der Waals surface area contributed by atoms with E-state index >= 15 is 0 Å². The van der Waals surface area contributed by atoms with E-state index in [2.05, 4.69) is 15.9 Å². The predicted molar refractivity (Wildman–Crippen MR) is 76.5 cm³/mol. The fourth-order valence-corrected chi connectivity index (χ4v) is 3.28. The molecule has 1 nitrogen and oxygen atoms in total. The van der Waals surface area contributed by atoms with Gasteiger partial charge < -0.3 is 5.11 Å². The van der Waals surface area contributed by atoms with Crippen LogP contribution >= 0.6 is 15.9 Å². The molecule has 0 heterocycles. The lowest BCUT2D eigenvalue weighted by Crippen LogP contribution is -2.12. The predicted octanol–water partition coefficient (Wildman–Crippen LogP) is 4.49. The molecule has 0 saturated carbocycles. The monoisotopic (exact) mass is 338 g/mol.